The minimum atomic E-state index is -4.42. The summed E-state index contributed by atoms with van der Waals surface area (Å²) >= 11 is 1.06. The molecule has 1 N–H and O–H groups in total. The Morgan fingerprint density at radius 3 is 2.31 bits per heavy atom. The van der Waals surface area contributed by atoms with Crippen molar-refractivity contribution in [2.24, 2.45) is 0 Å². The van der Waals surface area contributed by atoms with Crippen LogP contribution in [-0.4, -0.2) is 47.1 Å². The highest BCUT2D eigenvalue weighted by atomic mass is 32.1. The van der Waals surface area contributed by atoms with Gasteiger partial charge in [-0.05, 0) is 36.2 Å². The Hall–Kier alpha value is -3.47. The van der Waals surface area contributed by atoms with Crippen molar-refractivity contribution in [3.05, 3.63) is 59.7 Å². The Morgan fingerprint density at radius 2 is 1.71 bits per heavy atom. The van der Waals surface area contributed by atoms with Crippen LogP contribution in [0.2, 0.25) is 0 Å². The lowest BCUT2D eigenvalue weighted by molar-refractivity contribution is -0.137. The Labute approximate surface area is 204 Å². The summed E-state index contributed by atoms with van der Waals surface area (Å²) in [6.07, 6.45) is -3.37. The lowest BCUT2D eigenvalue weighted by atomic mass is 10.1. The molecule has 0 saturated heterocycles. The third-order valence-electron chi connectivity index (χ3n) is 5.10. The highest BCUT2D eigenvalue weighted by molar-refractivity contribution is 7.18. The fraction of sp³-hybridized carbons (Fsp3) is 0.333. The number of hydrogen-bond donors (Lipinski definition) is 1. The Morgan fingerprint density at radius 1 is 1.03 bits per heavy atom. The van der Waals surface area contributed by atoms with Gasteiger partial charge in [-0.1, -0.05) is 42.5 Å². The zero-order valence-electron chi connectivity index (χ0n) is 19.3. The summed E-state index contributed by atoms with van der Waals surface area (Å²) < 4.78 is 43.3. The molecular weight excluding hydrogens is 481 g/mol. The monoisotopic (exact) mass is 506 g/mol. The number of nitrogens with one attached hydrogen (secondary N) is 1. The molecule has 0 aliphatic carbocycles. The van der Waals surface area contributed by atoms with E-state index in [1.165, 1.54) is 12.1 Å². The van der Waals surface area contributed by atoms with Crippen LogP contribution in [0.4, 0.5) is 18.3 Å². The van der Waals surface area contributed by atoms with Gasteiger partial charge < -0.3 is 15.0 Å². The van der Waals surface area contributed by atoms with Crippen molar-refractivity contribution in [1.29, 1.82) is 0 Å². The first-order valence-electron chi connectivity index (χ1n) is 10.9. The number of aromatic nitrogens is 2. The number of alkyl halides is 3. The van der Waals surface area contributed by atoms with Gasteiger partial charge in [-0.15, -0.1) is 10.2 Å². The SMILES string of the molecule is CCCN(CCC(=O)Nc1nnc(-c2ccc(C(F)(F)F)cc2)s1)C(=O)Cc1ccc(OC)cc1. The van der Waals surface area contributed by atoms with Gasteiger partial charge >= 0.3 is 6.18 Å². The maximum Gasteiger partial charge on any atom is 0.416 e. The largest absolute Gasteiger partial charge is 0.497 e. The topological polar surface area (TPSA) is 84.4 Å². The molecule has 11 heteroatoms. The number of ether oxygens (including phenoxy) is 1. The molecule has 1 heterocycles. The van der Waals surface area contributed by atoms with E-state index < -0.39 is 11.7 Å². The second kappa shape index (κ2) is 11.8. The maximum absolute atomic E-state index is 12.7. The number of carbonyl (C=O) groups excluding carboxylic acids is 2. The van der Waals surface area contributed by atoms with Crippen molar-refractivity contribution in [2.45, 2.75) is 32.4 Å². The van der Waals surface area contributed by atoms with Crippen LogP contribution in [0.25, 0.3) is 10.6 Å². The van der Waals surface area contributed by atoms with Crippen LogP contribution in [0.15, 0.2) is 48.5 Å². The highest BCUT2D eigenvalue weighted by Gasteiger charge is 2.30. The Balaban J connectivity index is 1.54. The third-order valence-corrected chi connectivity index (χ3v) is 5.99. The number of anilines is 1. The van der Waals surface area contributed by atoms with Crippen molar-refractivity contribution in [3.8, 4) is 16.3 Å². The number of amides is 2. The first-order valence-corrected chi connectivity index (χ1v) is 11.7. The zero-order valence-corrected chi connectivity index (χ0v) is 20.1. The van der Waals surface area contributed by atoms with Crippen molar-refractivity contribution in [2.75, 3.05) is 25.5 Å². The molecule has 1 aromatic heterocycles. The van der Waals surface area contributed by atoms with Crippen molar-refractivity contribution in [3.63, 3.8) is 0 Å². The first kappa shape index (κ1) is 26.1. The summed E-state index contributed by atoms with van der Waals surface area (Å²) in [5.74, 6) is 0.297. The van der Waals surface area contributed by atoms with Crippen molar-refractivity contribution < 1.29 is 27.5 Å². The molecule has 2 aromatic carbocycles. The van der Waals surface area contributed by atoms with Gasteiger partial charge in [0, 0.05) is 25.1 Å². The quantitative estimate of drug-likeness (QED) is 0.416. The van der Waals surface area contributed by atoms with Crippen LogP contribution >= 0.6 is 11.3 Å². The van der Waals surface area contributed by atoms with Crippen LogP contribution < -0.4 is 10.1 Å². The van der Waals surface area contributed by atoms with E-state index in [2.05, 4.69) is 15.5 Å². The molecule has 0 spiro atoms. The Kier molecular flexibility index (Phi) is 8.80. The van der Waals surface area contributed by atoms with E-state index in [9.17, 15) is 22.8 Å². The van der Waals surface area contributed by atoms with E-state index in [-0.39, 0.29) is 36.3 Å². The molecule has 3 rings (SSSR count). The standard InChI is InChI=1S/C24H25F3N4O3S/c1-3-13-31(21(33)15-16-4-10-19(34-2)11-5-16)14-12-20(32)28-23-30-29-22(35-23)17-6-8-18(9-7-17)24(25,26)27/h4-11H,3,12-15H2,1-2H3,(H,28,30,32). The third kappa shape index (κ3) is 7.51. The number of benzene rings is 2. The van der Waals surface area contributed by atoms with Gasteiger partial charge in [0.1, 0.15) is 10.8 Å². The van der Waals surface area contributed by atoms with E-state index in [1.807, 2.05) is 19.1 Å². The summed E-state index contributed by atoms with van der Waals surface area (Å²) in [5, 5.41) is 11.1. The van der Waals surface area contributed by atoms with Gasteiger partial charge in [-0.3, -0.25) is 9.59 Å². The molecule has 0 atom stereocenters. The number of hydrogen-bond acceptors (Lipinski definition) is 6. The smallest absolute Gasteiger partial charge is 0.416 e. The molecule has 0 bridgehead atoms. The fourth-order valence-electron chi connectivity index (χ4n) is 3.27. The average Bonchev–Trinajstić information content (AvgIpc) is 3.30. The number of rotatable bonds is 10. The van der Waals surface area contributed by atoms with Gasteiger partial charge in [0.25, 0.3) is 0 Å². The zero-order chi connectivity index (χ0) is 25.4. The fourth-order valence-corrected chi connectivity index (χ4v) is 4.04. The number of carbonyl (C=O) groups is 2. The normalized spacial score (nSPS) is 11.2. The molecular formula is C24H25F3N4O3S. The molecule has 3 aromatic rings. The molecule has 186 valence electrons. The van der Waals surface area contributed by atoms with E-state index in [0.29, 0.717) is 22.9 Å². The minimum absolute atomic E-state index is 0.0730. The summed E-state index contributed by atoms with van der Waals surface area (Å²) in [5.41, 5.74) is 0.567. The van der Waals surface area contributed by atoms with Gasteiger partial charge in [0.05, 0.1) is 19.1 Å². The lowest BCUT2D eigenvalue weighted by Crippen LogP contribution is -2.35. The number of nitrogens with zero attached hydrogens (tertiary/aromatic N) is 3. The Bertz CT molecular complexity index is 1130. The molecule has 0 fully saturated rings. The number of halogens is 3. The van der Waals surface area contributed by atoms with E-state index >= 15 is 0 Å². The van der Waals surface area contributed by atoms with Gasteiger partial charge in [-0.25, -0.2) is 0 Å². The predicted molar refractivity (Wildman–Crippen MR) is 127 cm³/mol. The molecule has 35 heavy (non-hydrogen) atoms. The first-order chi connectivity index (χ1) is 16.7. The second-order valence-corrected chi connectivity index (χ2v) is 8.67. The van der Waals surface area contributed by atoms with Gasteiger partial charge in [-0.2, -0.15) is 13.2 Å². The maximum atomic E-state index is 12.7. The highest BCUT2D eigenvalue weighted by Crippen LogP contribution is 2.32. The van der Waals surface area contributed by atoms with Crippen LogP contribution in [0.3, 0.4) is 0 Å². The summed E-state index contributed by atoms with van der Waals surface area (Å²) in [7, 11) is 1.57. The van der Waals surface area contributed by atoms with Crippen molar-refractivity contribution in [1.82, 2.24) is 15.1 Å². The summed E-state index contributed by atoms with van der Waals surface area (Å²) in [6.45, 7) is 2.73. The predicted octanol–water partition coefficient (Wildman–Crippen LogP) is 5.04. The van der Waals surface area contributed by atoms with Crippen LogP contribution in [0.1, 0.15) is 30.9 Å². The van der Waals surface area contributed by atoms with Crippen LogP contribution in [-0.2, 0) is 22.2 Å². The van der Waals surface area contributed by atoms with E-state index in [4.69, 9.17) is 4.74 Å². The van der Waals surface area contributed by atoms with Crippen LogP contribution in [0.5, 0.6) is 5.75 Å². The summed E-state index contributed by atoms with van der Waals surface area (Å²) in [4.78, 5) is 26.8. The molecule has 0 saturated carbocycles. The van der Waals surface area contributed by atoms with Gasteiger partial charge in [0.15, 0.2) is 0 Å². The molecule has 7 nitrogen and oxygen atoms in total. The van der Waals surface area contributed by atoms with Crippen LogP contribution in [0, 0.1) is 0 Å². The van der Waals surface area contributed by atoms with Gasteiger partial charge in [0.2, 0.25) is 16.9 Å². The lowest BCUT2D eigenvalue weighted by Gasteiger charge is -2.22. The summed E-state index contributed by atoms with van der Waals surface area (Å²) in [6, 6.07) is 11.8. The molecule has 0 aliphatic heterocycles. The van der Waals surface area contributed by atoms with E-state index in [1.54, 1.807) is 24.1 Å². The average molecular weight is 507 g/mol. The van der Waals surface area contributed by atoms with Crippen molar-refractivity contribution >= 4 is 28.3 Å². The van der Waals surface area contributed by atoms with E-state index in [0.717, 1.165) is 35.5 Å². The second-order valence-electron chi connectivity index (χ2n) is 7.69. The molecule has 0 radical (unpaired) electrons. The number of methoxy groups -OCH3 is 1. The molecule has 2 amide bonds. The molecule has 0 unspecified atom stereocenters. The minimum Gasteiger partial charge on any atom is -0.497 e. The molecule has 0 aliphatic rings.